The van der Waals surface area contributed by atoms with E-state index in [2.05, 4.69) is 9.88 Å². The summed E-state index contributed by atoms with van der Waals surface area (Å²) in [6.45, 7) is 7.86. The van der Waals surface area contributed by atoms with Crippen molar-refractivity contribution in [1.82, 2.24) is 4.98 Å². The second-order valence-electron chi connectivity index (χ2n) is 5.18. The number of hydrogen-bond acceptors (Lipinski definition) is 4. The molecule has 0 amide bonds. The molecule has 0 radical (unpaired) electrons. The Labute approximate surface area is 106 Å². The highest BCUT2D eigenvalue weighted by molar-refractivity contribution is 5.94. The second-order valence-corrected chi connectivity index (χ2v) is 5.18. The Bertz CT molecular complexity index is 471. The Morgan fingerprint density at radius 1 is 1.56 bits per heavy atom. The van der Waals surface area contributed by atoms with Crippen molar-refractivity contribution in [2.45, 2.75) is 26.4 Å². The summed E-state index contributed by atoms with van der Waals surface area (Å²) >= 11 is 0. The minimum absolute atomic E-state index is 0.248. The van der Waals surface area contributed by atoms with E-state index in [0.717, 1.165) is 11.4 Å². The molecule has 2 rings (SSSR count). The number of carbonyl (C=O) groups is 1. The van der Waals surface area contributed by atoms with Crippen molar-refractivity contribution in [2.24, 2.45) is 0 Å². The highest BCUT2D eigenvalue weighted by Gasteiger charge is 2.29. The largest absolute Gasteiger partial charge is 0.478 e. The Morgan fingerprint density at radius 3 is 2.89 bits per heavy atom. The molecule has 1 aromatic rings. The summed E-state index contributed by atoms with van der Waals surface area (Å²) in [4.78, 5) is 17.3. The zero-order valence-corrected chi connectivity index (χ0v) is 10.9. The number of morpholine rings is 1. The van der Waals surface area contributed by atoms with Crippen LogP contribution in [0.4, 0.5) is 5.69 Å². The van der Waals surface area contributed by atoms with Crippen molar-refractivity contribution in [2.75, 3.05) is 24.6 Å². The maximum atomic E-state index is 11.2. The third kappa shape index (κ3) is 2.61. The molecule has 5 heteroatoms. The summed E-state index contributed by atoms with van der Waals surface area (Å²) in [5.74, 6) is -0.943. The van der Waals surface area contributed by atoms with Crippen molar-refractivity contribution < 1.29 is 14.6 Å². The van der Waals surface area contributed by atoms with E-state index in [9.17, 15) is 9.90 Å². The molecule has 0 aromatic carbocycles. The lowest BCUT2D eigenvalue weighted by Gasteiger charge is -2.39. The molecule has 1 N–H and O–H groups in total. The number of carboxylic acid groups (broad SMARTS) is 1. The fourth-order valence-corrected chi connectivity index (χ4v) is 2.19. The van der Waals surface area contributed by atoms with Gasteiger partial charge in [-0.25, -0.2) is 4.79 Å². The predicted octanol–water partition coefficient (Wildman–Crippen LogP) is 1.70. The predicted molar refractivity (Wildman–Crippen MR) is 68.2 cm³/mol. The standard InChI is InChI=1S/C13H18N2O3/c1-9-6-11(10(7-14-9)12(16)17)15-4-5-18-13(2,3)8-15/h6-7H,4-5,8H2,1-3H3,(H,16,17). The van der Waals surface area contributed by atoms with Gasteiger partial charge >= 0.3 is 5.97 Å². The summed E-state index contributed by atoms with van der Waals surface area (Å²) < 4.78 is 5.64. The highest BCUT2D eigenvalue weighted by atomic mass is 16.5. The first-order valence-corrected chi connectivity index (χ1v) is 5.98. The molecule has 0 atom stereocenters. The molecule has 2 heterocycles. The van der Waals surface area contributed by atoms with Gasteiger partial charge in [0.2, 0.25) is 0 Å². The average Bonchev–Trinajstić information content (AvgIpc) is 2.27. The Morgan fingerprint density at radius 2 is 2.28 bits per heavy atom. The fourth-order valence-electron chi connectivity index (χ4n) is 2.19. The first-order chi connectivity index (χ1) is 8.39. The van der Waals surface area contributed by atoms with E-state index in [1.807, 2.05) is 26.8 Å². The van der Waals surface area contributed by atoms with Crippen molar-refractivity contribution in [3.8, 4) is 0 Å². The van der Waals surface area contributed by atoms with Gasteiger partial charge in [0.1, 0.15) is 5.56 Å². The van der Waals surface area contributed by atoms with Crippen molar-refractivity contribution >= 4 is 11.7 Å². The molecular weight excluding hydrogens is 232 g/mol. The second kappa shape index (κ2) is 4.57. The van der Waals surface area contributed by atoms with E-state index < -0.39 is 5.97 Å². The van der Waals surface area contributed by atoms with Gasteiger partial charge in [-0.3, -0.25) is 4.98 Å². The summed E-state index contributed by atoms with van der Waals surface area (Å²) in [7, 11) is 0. The van der Waals surface area contributed by atoms with Crippen LogP contribution in [0, 0.1) is 6.92 Å². The van der Waals surface area contributed by atoms with Gasteiger partial charge in [0.15, 0.2) is 0 Å². The van der Waals surface area contributed by atoms with Crippen molar-refractivity contribution in [1.29, 1.82) is 0 Å². The van der Waals surface area contributed by atoms with Crippen LogP contribution in [0.2, 0.25) is 0 Å². The number of ether oxygens (including phenoxy) is 1. The molecule has 1 saturated heterocycles. The van der Waals surface area contributed by atoms with Crippen molar-refractivity contribution in [3.05, 3.63) is 23.5 Å². The highest BCUT2D eigenvalue weighted by Crippen LogP contribution is 2.26. The monoisotopic (exact) mass is 250 g/mol. The van der Waals surface area contributed by atoms with Crippen LogP contribution in [-0.2, 0) is 4.74 Å². The summed E-state index contributed by atoms with van der Waals surface area (Å²) in [6, 6.07) is 1.82. The van der Waals surface area contributed by atoms with E-state index in [4.69, 9.17) is 4.74 Å². The number of aromatic nitrogens is 1. The number of rotatable bonds is 2. The molecule has 0 bridgehead atoms. The zero-order valence-electron chi connectivity index (χ0n) is 10.9. The van der Waals surface area contributed by atoms with E-state index >= 15 is 0 Å². The average molecular weight is 250 g/mol. The van der Waals surface area contributed by atoms with Gasteiger partial charge in [-0.15, -0.1) is 0 Å². The number of anilines is 1. The summed E-state index contributed by atoms with van der Waals surface area (Å²) in [6.07, 6.45) is 1.43. The topological polar surface area (TPSA) is 62.7 Å². The van der Waals surface area contributed by atoms with Crippen LogP contribution in [-0.4, -0.2) is 41.4 Å². The van der Waals surface area contributed by atoms with E-state index in [0.29, 0.717) is 19.7 Å². The lowest BCUT2D eigenvalue weighted by Crippen LogP contribution is -2.48. The molecule has 0 spiro atoms. The number of carboxylic acids is 1. The van der Waals surface area contributed by atoms with Gasteiger partial charge in [0.05, 0.1) is 17.9 Å². The van der Waals surface area contributed by atoms with Crippen LogP contribution < -0.4 is 4.90 Å². The number of hydrogen-bond donors (Lipinski definition) is 1. The maximum Gasteiger partial charge on any atom is 0.339 e. The molecule has 1 aromatic heterocycles. The quantitative estimate of drug-likeness (QED) is 0.865. The van der Waals surface area contributed by atoms with Gasteiger partial charge in [-0.1, -0.05) is 0 Å². The van der Waals surface area contributed by atoms with Crippen LogP contribution in [0.25, 0.3) is 0 Å². The SMILES string of the molecule is Cc1cc(N2CCOC(C)(C)C2)c(C(=O)O)cn1. The molecule has 1 aliphatic rings. The summed E-state index contributed by atoms with van der Waals surface area (Å²) in [5, 5.41) is 9.22. The van der Waals surface area contributed by atoms with Gasteiger partial charge in [-0.05, 0) is 26.8 Å². The number of nitrogens with zero attached hydrogens (tertiary/aromatic N) is 2. The van der Waals surface area contributed by atoms with Crippen molar-refractivity contribution in [3.63, 3.8) is 0 Å². The minimum atomic E-state index is -0.943. The molecule has 5 nitrogen and oxygen atoms in total. The van der Waals surface area contributed by atoms with Crippen LogP contribution >= 0.6 is 0 Å². The van der Waals surface area contributed by atoms with Gasteiger partial charge in [0.25, 0.3) is 0 Å². The van der Waals surface area contributed by atoms with Crippen LogP contribution in [0.15, 0.2) is 12.3 Å². The maximum absolute atomic E-state index is 11.2. The Kier molecular flexibility index (Phi) is 3.26. The van der Waals surface area contributed by atoms with Crippen LogP contribution in [0.5, 0.6) is 0 Å². The van der Waals surface area contributed by atoms with Gasteiger partial charge in [-0.2, -0.15) is 0 Å². The molecule has 98 valence electrons. The third-order valence-corrected chi connectivity index (χ3v) is 3.02. The van der Waals surface area contributed by atoms with E-state index in [1.165, 1.54) is 6.20 Å². The molecule has 0 aliphatic carbocycles. The lowest BCUT2D eigenvalue weighted by molar-refractivity contribution is -0.0277. The normalized spacial score (nSPS) is 18.7. The summed E-state index contributed by atoms with van der Waals surface area (Å²) in [5.41, 5.74) is 1.54. The molecule has 0 saturated carbocycles. The minimum Gasteiger partial charge on any atom is -0.478 e. The lowest BCUT2D eigenvalue weighted by atomic mass is 10.1. The zero-order chi connectivity index (χ0) is 13.3. The number of pyridine rings is 1. The fraction of sp³-hybridized carbons (Fsp3) is 0.538. The van der Waals surface area contributed by atoms with Gasteiger partial charge < -0.3 is 14.7 Å². The smallest absolute Gasteiger partial charge is 0.339 e. The molecule has 1 fully saturated rings. The Balaban J connectivity index is 2.37. The first-order valence-electron chi connectivity index (χ1n) is 5.98. The first kappa shape index (κ1) is 12.8. The number of aryl methyl sites for hydroxylation is 1. The molecule has 1 aliphatic heterocycles. The van der Waals surface area contributed by atoms with Crippen LogP contribution in [0.3, 0.4) is 0 Å². The number of aromatic carboxylic acids is 1. The molecule has 18 heavy (non-hydrogen) atoms. The van der Waals surface area contributed by atoms with E-state index in [-0.39, 0.29) is 11.2 Å². The van der Waals surface area contributed by atoms with Gasteiger partial charge in [0, 0.05) is 25.0 Å². The Hall–Kier alpha value is -1.62. The molecular formula is C13H18N2O3. The third-order valence-electron chi connectivity index (χ3n) is 3.02. The van der Waals surface area contributed by atoms with Crippen LogP contribution in [0.1, 0.15) is 29.9 Å². The molecule has 0 unspecified atom stereocenters. The van der Waals surface area contributed by atoms with E-state index in [1.54, 1.807) is 0 Å².